The van der Waals surface area contributed by atoms with Gasteiger partial charge in [0.25, 0.3) is 0 Å². The van der Waals surface area contributed by atoms with Crippen LogP contribution in [0.3, 0.4) is 0 Å². The fourth-order valence-electron chi connectivity index (χ4n) is 2.20. The standard InChI is InChI=1S/C11H20N4O/c1-9-13-7-10(11(16)14(9)2)8-15-5-3-12-4-6-15/h10,12H,3-8H2,1-2H3. The quantitative estimate of drug-likeness (QED) is 0.681. The van der Waals surface area contributed by atoms with Crippen molar-refractivity contribution >= 4 is 11.7 Å². The molecule has 1 unspecified atom stereocenters. The summed E-state index contributed by atoms with van der Waals surface area (Å²) in [7, 11) is 1.81. The number of aliphatic imine (C=N–C) groups is 1. The lowest BCUT2D eigenvalue weighted by molar-refractivity contribution is -0.131. The number of amides is 1. The molecule has 2 rings (SSSR count). The van der Waals surface area contributed by atoms with Crippen molar-refractivity contribution in [1.82, 2.24) is 15.1 Å². The molecule has 16 heavy (non-hydrogen) atoms. The number of amidine groups is 1. The lowest BCUT2D eigenvalue weighted by Crippen LogP contribution is -2.50. The Bertz CT molecular complexity index is 296. The highest BCUT2D eigenvalue weighted by Crippen LogP contribution is 2.12. The van der Waals surface area contributed by atoms with Crippen LogP contribution in [0, 0.1) is 5.92 Å². The van der Waals surface area contributed by atoms with Gasteiger partial charge < -0.3 is 10.2 Å². The van der Waals surface area contributed by atoms with Crippen molar-refractivity contribution in [3.8, 4) is 0 Å². The van der Waals surface area contributed by atoms with E-state index >= 15 is 0 Å². The molecule has 0 aliphatic carbocycles. The van der Waals surface area contributed by atoms with Crippen molar-refractivity contribution in [1.29, 1.82) is 0 Å². The van der Waals surface area contributed by atoms with Gasteiger partial charge in [0, 0.05) is 39.8 Å². The Hall–Kier alpha value is -0.940. The topological polar surface area (TPSA) is 47.9 Å². The first-order chi connectivity index (χ1) is 7.68. The van der Waals surface area contributed by atoms with E-state index in [-0.39, 0.29) is 11.8 Å². The molecule has 1 N–H and O–H groups in total. The summed E-state index contributed by atoms with van der Waals surface area (Å²) >= 11 is 0. The van der Waals surface area contributed by atoms with Crippen molar-refractivity contribution in [2.75, 3.05) is 46.3 Å². The third-order valence-corrected chi connectivity index (χ3v) is 3.39. The van der Waals surface area contributed by atoms with Crippen molar-refractivity contribution < 1.29 is 4.79 Å². The van der Waals surface area contributed by atoms with Gasteiger partial charge in [-0.3, -0.25) is 14.7 Å². The first-order valence-electron chi connectivity index (χ1n) is 5.90. The van der Waals surface area contributed by atoms with E-state index in [0.717, 1.165) is 38.6 Å². The van der Waals surface area contributed by atoms with Gasteiger partial charge in [0.15, 0.2) is 0 Å². The minimum atomic E-state index is 0.0480. The fourth-order valence-corrected chi connectivity index (χ4v) is 2.20. The van der Waals surface area contributed by atoms with Crippen molar-refractivity contribution in [3.63, 3.8) is 0 Å². The van der Waals surface area contributed by atoms with Crippen LogP contribution in [-0.2, 0) is 4.79 Å². The largest absolute Gasteiger partial charge is 0.314 e. The van der Waals surface area contributed by atoms with Gasteiger partial charge in [0.05, 0.1) is 12.5 Å². The number of hydrogen-bond donors (Lipinski definition) is 1. The SMILES string of the molecule is CC1=NCC(CN2CCNCC2)C(=O)N1C. The first kappa shape index (κ1) is 11.5. The summed E-state index contributed by atoms with van der Waals surface area (Å²) in [6.45, 7) is 7.52. The Labute approximate surface area is 96.5 Å². The van der Waals surface area contributed by atoms with Gasteiger partial charge in [0.2, 0.25) is 5.91 Å². The zero-order valence-corrected chi connectivity index (χ0v) is 10.1. The highest BCUT2D eigenvalue weighted by atomic mass is 16.2. The number of carbonyl (C=O) groups is 1. The summed E-state index contributed by atoms with van der Waals surface area (Å²) in [5, 5.41) is 3.31. The Morgan fingerprint density at radius 1 is 1.44 bits per heavy atom. The van der Waals surface area contributed by atoms with E-state index in [4.69, 9.17) is 0 Å². The molecule has 0 aromatic rings. The second-order valence-electron chi connectivity index (χ2n) is 4.53. The van der Waals surface area contributed by atoms with Crippen LogP contribution in [0.25, 0.3) is 0 Å². The molecular formula is C11H20N4O. The molecule has 90 valence electrons. The number of rotatable bonds is 2. The maximum absolute atomic E-state index is 12.0. The summed E-state index contributed by atoms with van der Waals surface area (Å²) in [6.07, 6.45) is 0. The number of hydrogen-bond acceptors (Lipinski definition) is 4. The third-order valence-electron chi connectivity index (χ3n) is 3.39. The smallest absolute Gasteiger partial charge is 0.233 e. The summed E-state index contributed by atoms with van der Waals surface area (Å²) in [5.74, 6) is 1.10. The van der Waals surface area contributed by atoms with Crippen LogP contribution >= 0.6 is 0 Å². The average Bonchev–Trinajstić information content (AvgIpc) is 2.31. The van der Waals surface area contributed by atoms with Crippen molar-refractivity contribution in [3.05, 3.63) is 0 Å². The van der Waals surface area contributed by atoms with Gasteiger partial charge in [-0.1, -0.05) is 0 Å². The second kappa shape index (κ2) is 4.93. The maximum atomic E-state index is 12.0. The van der Waals surface area contributed by atoms with Crippen LogP contribution in [0.5, 0.6) is 0 Å². The van der Waals surface area contributed by atoms with Gasteiger partial charge in [-0.05, 0) is 6.92 Å². The van der Waals surface area contributed by atoms with E-state index in [1.54, 1.807) is 4.90 Å². The minimum absolute atomic E-state index is 0.0480. The van der Waals surface area contributed by atoms with Crippen LogP contribution in [0.2, 0.25) is 0 Å². The van der Waals surface area contributed by atoms with Crippen LogP contribution < -0.4 is 5.32 Å². The lowest BCUT2D eigenvalue weighted by atomic mass is 10.1. The molecule has 0 aromatic heterocycles. The Morgan fingerprint density at radius 2 is 2.12 bits per heavy atom. The first-order valence-corrected chi connectivity index (χ1v) is 5.90. The van der Waals surface area contributed by atoms with Crippen molar-refractivity contribution in [2.45, 2.75) is 6.92 Å². The molecule has 1 amide bonds. The van der Waals surface area contributed by atoms with E-state index in [2.05, 4.69) is 15.2 Å². The van der Waals surface area contributed by atoms with Crippen LogP contribution in [0.1, 0.15) is 6.92 Å². The van der Waals surface area contributed by atoms with Gasteiger partial charge >= 0.3 is 0 Å². The number of carbonyl (C=O) groups excluding carboxylic acids is 1. The molecule has 0 aromatic carbocycles. The molecule has 2 aliphatic rings. The summed E-state index contributed by atoms with van der Waals surface area (Å²) < 4.78 is 0. The predicted octanol–water partition coefficient (Wildman–Crippen LogP) is -0.602. The number of piperazine rings is 1. The second-order valence-corrected chi connectivity index (χ2v) is 4.53. The van der Waals surface area contributed by atoms with Crippen LogP contribution in [0.4, 0.5) is 0 Å². The van der Waals surface area contributed by atoms with Crippen LogP contribution in [-0.4, -0.2) is 67.9 Å². The maximum Gasteiger partial charge on any atom is 0.233 e. The molecule has 0 bridgehead atoms. The molecule has 0 radical (unpaired) electrons. The third kappa shape index (κ3) is 2.41. The van der Waals surface area contributed by atoms with Crippen molar-refractivity contribution in [2.24, 2.45) is 10.9 Å². The molecule has 2 heterocycles. The zero-order valence-electron chi connectivity index (χ0n) is 10.1. The predicted molar refractivity (Wildman–Crippen MR) is 63.5 cm³/mol. The minimum Gasteiger partial charge on any atom is -0.314 e. The van der Waals surface area contributed by atoms with E-state index in [0.29, 0.717) is 6.54 Å². The molecule has 1 fully saturated rings. The molecular weight excluding hydrogens is 204 g/mol. The molecule has 0 spiro atoms. The normalized spacial score (nSPS) is 28.1. The highest BCUT2D eigenvalue weighted by Gasteiger charge is 2.29. The fraction of sp³-hybridized carbons (Fsp3) is 0.818. The highest BCUT2D eigenvalue weighted by molar-refractivity contribution is 5.99. The summed E-state index contributed by atoms with van der Waals surface area (Å²) in [5.41, 5.74) is 0. The van der Waals surface area contributed by atoms with Gasteiger partial charge in [0.1, 0.15) is 5.84 Å². The van der Waals surface area contributed by atoms with Gasteiger partial charge in [-0.25, -0.2) is 0 Å². The van der Waals surface area contributed by atoms with Gasteiger partial charge in [-0.15, -0.1) is 0 Å². The molecule has 2 aliphatic heterocycles. The Kier molecular flexibility index (Phi) is 3.56. The van der Waals surface area contributed by atoms with E-state index in [1.807, 2.05) is 14.0 Å². The average molecular weight is 224 g/mol. The summed E-state index contributed by atoms with van der Waals surface area (Å²) in [4.78, 5) is 20.4. The monoisotopic (exact) mass is 224 g/mol. The number of nitrogens with zero attached hydrogens (tertiary/aromatic N) is 3. The molecule has 1 saturated heterocycles. The molecule has 5 nitrogen and oxygen atoms in total. The molecule has 1 atom stereocenters. The van der Waals surface area contributed by atoms with E-state index < -0.39 is 0 Å². The zero-order chi connectivity index (χ0) is 11.5. The number of nitrogens with one attached hydrogen (secondary N) is 1. The Morgan fingerprint density at radius 3 is 2.81 bits per heavy atom. The van der Waals surface area contributed by atoms with Crippen LogP contribution in [0.15, 0.2) is 4.99 Å². The summed E-state index contributed by atoms with van der Waals surface area (Å²) in [6, 6.07) is 0. The van der Waals surface area contributed by atoms with E-state index in [9.17, 15) is 4.79 Å². The molecule has 5 heteroatoms. The lowest BCUT2D eigenvalue weighted by Gasteiger charge is -2.33. The van der Waals surface area contributed by atoms with Gasteiger partial charge in [-0.2, -0.15) is 0 Å². The van der Waals surface area contributed by atoms with E-state index in [1.165, 1.54) is 0 Å². The Balaban J connectivity index is 1.92. The molecule has 0 saturated carbocycles.